The average molecular weight is 342 g/mol. The van der Waals surface area contributed by atoms with Crippen LogP contribution in [0.2, 0.25) is 0 Å². The zero-order chi connectivity index (χ0) is 17.0. The second-order valence-electron chi connectivity index (χ2n) is 5.05. The van der Waals surface area contributed by atoms with E-state index < -0.39 is 22.1 Å². The third-order valence-corrected chi connectivity index (χ3v) is 4.30. The maximum atomic E-state index is 12.1. The molecule has 1 aromatic carbocycles. The van der Waals surface area contributed by atoms with Crippen molar-refractivity contribution in [3.63, 3.8) is 0 Å². The summed E-state index contributed by atoms with van der Waals surface area (Å²) < 4.78 is 32.6. The fourth-order valence-electron chi connectivity index (χ4n) is 2.10. The minimum atomic E-state index is -3.82. The number of hydrogen-bond donors (Lipinski definition) is 1. The van der Waals surface area contributed by atoms with Crippen LogP contribution in [0.3, 0.4) is 0 Å². The Hall–Kier alpha value is -1.97. The Morgan fingerprint density at radius 1 is 1.22 bits per heavy atom. The molecule has 9 heteroatoms. The molecular formula is C14H18N2O6S. The minimum Gasteiger partial charge on any atom is -0.449 e. The van der Waals surface area contributed by atoms with Crippen molar-refractivity contribution >= 4 is 21.9 Å². The maximum absolute atomic E-state index is 12.1. The fourth-order valence-corrected chi connectivity index (χ4v) is 2.62. The highest BCUT2D eigenvalue weighted by atomic mass is 32.2. The largest absolute Gasteiger partial charge is 0.449 e. The number of benzene rings is 1. The maximum Gasteiger partial charge on any atom is 0.338 e. The van der Waals surface area contributed by atoms with Crippen LogP contribution < -0.4 is 5.14 Å². The van der Waals surface area contributed by atoms with E-state index in [0.717, 1.165) is 0 Å². The van der Waals surface area contributed by atoms with Gasteiger partial charge in [0.15, 0.2) is 6.10 Å². The first-order chi connectivity index (χ1) is 10.8. The fraction of sp³-hybridized carbons (Fsp3) is 0.429. The summed E-state index contributed by atoms with van der Waals surface area (Å²) in [5, 5.41) is 4.98. The number of ether oxygens (including phenoxy) is 2. The van der Waals surface area contributed by atoms with Crippen molar-refractivity contribution < 1.29 is 27.5 Å². The monoisotopic (exact) mass is 342 g/mol. The molecule has 0 aliphatic carbocycles. The van der Waals surface area contributed by atoms with Crippen molar-refractivity contribution in [1.29, 1.82) is 0 Å². The van der Waals surface area contributed by atoms with Gasteiger partial charge >= 0.3 is 5.97 Å². The zero-order valence-electron chi connectivity index (χ0n) is 12.6. The third-order valence-electron chi connectivity index (χ3n) is 3.37. The van der Waals surface area contributed by atoms with Crippen molar-refractivity contribution in [2.24, 2.45) is 5.14 Å². The van der Waals surface area contributed by atoms with E-state index in [2.05, 4.69) is 0 Å². The summed E-state index contributed by atoms with van der Waals surface area (Å²) in [6.45, 7) is 3.34. The predicted molar refractivity (Wildman–Crippen MR) is 80.1 cm³/mol. The summed E-state index contributed by atoms with van der Waals surface area (Å²) in [6, 6.07) is 4.99. The van der Waals surface area contributed by atoms with Crippen LogP contribution in [0.25, 0.3) is 0 Å². The molecule has 0 aromatic heterocycles. The Balaban J connectivity index is 1.99. The molecule has 1 fully saturated rings. The molecule has 0 spiro atoms. The molecule has 23 heavy (non-hydrogen) atoms. The molecule has 1 aromatic rings. The number of carbonyl (C=O) groups excluding carboxylic acids is 2. The summed E-state index contributed by atoms with van der Waals surface area (Å²) in [4.78, 5) is 25.6. The number of esters is 1. The van der Waals surface area contributed by atoms with Crippen molar-refractivity contribution in [3.8, 4) is 0 Å². The van der Waals surface area contributed by atoms with E-state index in [1.807, 2.05) is 0 Å². The third kappa shape index (κ3) is 4.50. The van der Waals surface area contributed by atoms with Gasteiger partial charge in [-0.2, -0.15) is 0 Å². The Morgan fingerprint density at radius 2 is 1.78 bits per heavy atom. The van der Waals surface area contributed by atoms with Gasteiger partial charge in [-0.1, -0.05) is 0 Å². The molecule has 0 bridgehead atoms. The van der Waals surface area contributed by atoms with Crippen molar-refractivity contribution in [2.45, 2.75) is 17.9 Å². The molecule has 1 amide bonds. The van der Waals surface area contributed by atoms with Gasteiger partial charge in [0.05, 0.1) is 23.7 Å². The lowest BCUT2D eigenvalue weighted by atomic mass is 10.2. The van der Waals surface area contributed by atoms with E-state index in [4.69, 9.17) is 14.6 Å². The van der Waals surface area contributed by atoms with Gasteiger partial charge in [-0.25, -0.2) is 18.4 Å². The summed E-state index contributed by atoms with van der Waals surface area (Å²) >= 11 is 0. The molecule has 1 heterocycles. The second kappa shape index (κ2) is 7.07. The molecule has 2 rings (SSSR count). The molecule has 1 aliphatic heterocycles. The number of nitrogens with zero attached hydrogens (tertiary/aromatic N) is 1. The van der Waals surface area contributed by atoms with Crippen LogP contribution >= 0.6 is 0 Å². The van der Waals surface area contributed by atoms with Gasteiger partial charge in [0, 0.05) is 13.1 Å². The van der Waals surface area contributed by atoms with Crippen LogP contribution in [-0.4, -0.2) is 57.6 Å². The molecule has 2 N–H and O–H groups in total. The molecule has 8 nitrogen and oxygen atoms in total. The Bertz CT molecular complexity index is 680. The molecule has 0 radical (unpaired) electrons. The van der Waals surface area contributed by atoms with Gasteiger partial charge in [-0.15, -0.1) is 0 Å². The van der Waals surface area contributed by atoms with E-state index in [9.17, 15) is 18.0 Å². The molecule has 0 saturated carbocycles. The van der Waals surface area contributed by atoms with E-state index in [-0.39, 0.29) is 16.4 Å². The highest BCUT2D eigenvalue weighted by molar-refractivity contribution is 7.89. The van der Waals surface area contributed by atoms with E-state index in [1.165, 1.54) is 31.2 Å². The van der Waals surface area contributed by atoms with Crippen molar-refractivity contribution in [1.82, 2.24) is 4.90 Å². The highest BCUT2D eigenvalue weighted by Crippen LogP contribution is 2.11. The summed E-state index contributed by atoms with van der Waals surface area (Å²) in [5.41, 5.74) is 0.138. The number of carbonyl (C=O) groups is 2. The van der Waals surface area contributed by atoms with Crippen molar-refractivity contribution in [3.05, 3.63) is 29.8 Å². The summed E-state index contributed by atoms with van der Waals surface area (Å²) in [7, 11) is -3.82. The number of rotatable bonds is 4. The van der Waals surface area contributed by atoms with Gasteiger partial charge in [-0.3, -0.25) is 4.79 Å². The lowest BCUT2D eigenvalue weighted by Gasteiger charge is -2.28. The standard InChI is InChI=1S/C14H18N2O6S/c1-10(13(17)16-6-8-21-9-7-16)22-14(18)11-2-4-12(5-3-11)23(15,19)20/h2-5,10H,6-9H2,1H3,(H2,15,19,20). The van der Waals surface area contributed by atoms with Crippen LogP contribution in [0.4, 0.5) is 0 Å². The van der Waals surface area contributed by atoms with Gasteiger partial charge < -0.3 is 14.4 Å². The van der Waals surface area contributed by atoms with Crippen LogP contribution in [0.1, 0.15) is 17.3 Å². The average Bonchev–Trinajstić information content (AvgIpc) is 2.54. The first kappa shape index (κ1) is 17.4. The zero-order valence-corrected chi connectivity index (χ0v) is 13.4. The first-order valence-electron chi connectivity index (χ1n) is 6.99. The Kier molecular flexibility index (Phi) is 5.34. The number of morpholine rings is 1. The summed E-state index contributed by atoms with van der Waals surface area (Å²) in [6.07, 6.45) is -0.932. The van der Waals surface area contributed by atoms with Crippen molar-refractivity contribution in [2.75, 3.05) is 26.3 Å². The van der Waals surface area contributed by atoms with Gasteiger partial charge in [0.25, 0.3) is 5.91 Å². The number of sulfonamides is 1. The number of hydrogen-bond acceptors (Lipinski definition) is 6. The Labute approximate surface area is 134 Å². The topological polar surface area (TPSA) is 116 Å². The SMILES string of the molecule is CC(OC(=O)c1ccc(S(N)(=O)=O)cc1)C(=O)N1CCOCC1. The molecule has 1 unspecified atom stereocenters. The minimum absolute atomic E-state index is 0.105. The van der Waals surface area contributed by atoms with E-state index >= 15 is 0 Å². The first-order valence-corrected chi connectivity index (χ1v) is 8.54. The lowest BCUT2D eigenvalue weighted by molar-refractivity contribution is -0.143. The predicted octanol–water partition coefficient (Wildman–Crippen LogP) is -0.262. The number of nitrogens with two attached hydrogens (primary N) is 1. The smallest absolute Gasteiger partial charge is 0.338 e. The quantitative estimate of drug-likeness (QED) is 0.754. The van der Waals surface area contributed by atoms with Gasteiger partial charge in [0.2, 0.25) is 10.0 Å². The van der Waals surface area contributed by atoms with Crippen LogP contribution in [-0.2, 0) is 24.3 Å². The highest BCUT2D eigenvalue weighted by Gasteiger charge is 2.25. The summed E-state index contributed by atoms with van der Waals surface area (Å²) in [5.74, 6) is -0.997. The molecule has 1 atom stereocenters. The molecule has 1 saturated heterocycles. The van der Waals surface area contributed by atoms with Crippen LogP contribution in [0.5, 0.6) is 0 Å². The van der Waals surface area contributed by atoms with Crippen LogP contribution in [0.15, 0.2) is 29.2 Å². The number of amides is 1. The van der Waals surface area contributed by atoms with E-state index in [1.54, 1.807) is 4.90 Å². The van der Waals surface area contributed by atoms with Gasteiger partial charge in [-0.05, 0) is 31.2 Å². The molecular weight excluding hydrogens is 324 g/mol. The molecule has 1 aliphatic rings. The second-order valence-corrected chi connectivity index (χ2v) is 6.62. The normalized spacial score (nSPS) is 16.7. The van der Waals surface area contributed by atoms with Crippen LogP contribution in [0, 0.1) is 0 Å². The Morgan fingerprint density at radius 3 is 2.30 bits per heavy atom. The lowest BCUT2D eigenvalue weighted by Crippen LogP contribution is -2.46. The van der Waals surface area contributed by atoms with Gasteiger partial charge in [0.1, 0.15) is 0 Å². The molecule has 126 valence electrons. The van der Waals surface area contributed by atoms with E-state index in [0.29, 0.717) is 26.3 Å². The number of primary sulfonamides is 1.